The summed E-state index contributed by atoms with van der Waals surface area (Å²) in [5.41, 5.74) is -2.13. The molecule has 1 aromatic heterocycles. The molecule has 136 valence electrons. The van der Waals surface area contributed by atoms with Gasteiger partial charge in [0.25, 0.3) is 5.56 Å². The first-order valence-electron chi connectivity index (χ1n) is 7.81. The first kappa shape index (κ1) is 17.5. The van der Waals surface area contributed by atoms with Crippen LogP contribution >= 0.6 is 0 Å². The lowest BCUT2D eigenvalue weighted by atomic mass is 9.97. The minimum atomic E-state index is -4.12. The Hall–Kier alpha value is -2.36. The van der Waals surface area contributed by atoms with Crippen LogP contribution in [0.3, 0.4) is 0 Å². The van der Waals surface area contributed by atoms with Gasteiger partial charge in [0, 0.05) is 26.9 Å². The van der Waals surface area contributed by atoms with E-state index in [1.165, 1.54) is 14.1 Å². The monoisotopic (exact) mass is 370 g/mol. The Kier molecular flexibility index (Phi) is 3.90. The molecule has 1 spiro atoms. The number of hydrogen-bond acceptors (Lipinski definition) is 7. The molecule has 0 atom stereocenters. The Morgan fingerprint density at radius 1 is 1.08 bits per heavy atom. The second kappa shape index (κ2) is 5.58. The van der Waals surface area contributed by atoms with Crippen LogP contribution in [0.5, 0.6) is 5.88 Å². The summed E-state index contributed by atoms with van der Waals surface area (Å²) in [4.78, 5) is 33.9. The van der Waals surface area contributed by atoms with Crippen LogP contribution in [0, 0.1) is 0 Å². The zero-order chi connectivity index (χ0) is 18.6. The van der Waals surface area contributed by atoms with E-state index < -0.39 is 48.3 Å². The van der Waals surface area contributed by atoms with E-state index in [9.17, 15) is 27.9 Å². The highest BCUT2D eigenvalue weighted by Crippen LogP contribution is 2.45. The number of nitrogens with zero attached hydrogens (tertiary/aromatic N) is 2. The molecular weight excluding hydrogens is 352 g/mol. The van der Waals surface area contributed by atoms with Crippen LogP contribution in [0.15, 0.2) is 14.5 Å². The SMILES string of the molecule is Cn1c(O)c(/C=C2\C(=O)OC3(CCCCC3)S2(=O)=O)c(=O)n(C)c1=O. The summed E-state index contributed by atoms with van der Waals surface area (Å²) in [5.74, 6) is -1.76. The van der Waals surface area contributed by atoms with Gasteiger partial charge in [-0.15, -0.1) is 0 Å². The number of aromatic hydroxyl groups is 1. The molecule has 9 nitrogen and oxygen atoms in total. The standard InChI is InChI=1S/C15H18N2O7S/c1-16-11(18)9(12(19)17(2)14(16)21)8-10-13(20)24-15(25(10,22)23)6-4-3-5-7-15/h8,18H,3-7H2,1-2H3/b10-8+. The molecular formula is C15H18N2O7S. The van der Waals surface area contributed by atoms with Crippen molar-refractivity contribution in [3.05, 3.63) is 31.3 Å². The van der Waals surface area contributed by atoms with Crippen molar-refractivity contribution >= 4 is 21.9 Å². The van der Waals surface area contributed by atoms with Gasteiger partial charge in [-0.1, -0.05) is 6.42 Å². The number of esters is 1. The van der Waals surface area contributed by atoms with E-state index in [-0.39, 0.29) is 12.8 Å². The molecule has 1 saturated heterocycles. The number of sulfone groups is 1. The zero-order valence-electron chi connectivity index (χ0n) is 13.8. The van der Waals surface area contributed by atoms with Gasteiger partial charge in [0.15, 0.2) is 4.91 Å². The van der Waals surface area contributed by atoms with Crippen molar-refractivity contribution in [2.45, 2.75) is 37.0 Å². The summed E-state index contributed by atoms with van der Waals surface area (Å²) in [6, 6.07) is 0. The van der Waals surface area contributed by atoms with Gasteiger partial charge in [0.2, 0.25) is 20.7 Å². The molecule has 0 unspecified atom stereocenters. The van der Waals surface area contributed by atoms with E-state index in [0.717, 1.165) is 21.6 Å². The first-order chi connectivity index (χ1) is 11.6. The Balaban J connectivity index is 2.23. The molecule has 1 aliphatic carbocycles. The lowest BCUT2D eigenvalue weighted by molar-refractivity contribution is -0.145. The number of hydrogen-bond donors (Lipinski definition) is 1. The van der Waals surface area contributed by atoms with Crippen molar-refractivity contribution in [2.75, 3.05) is 0 Å². The summed E-state index contributed by atoms with van der Waals surface area (Å²) >= 11 is 0. The van der Waals surface area contributed by atoms with Gasteiger partial charge in [-0.05, 0) is 18.9 Å². The quantitative estimate of drug-likeness (QED) is 0.534. The predicted molar refractivity (Wildman–Crippen MR) is 87.4 cm³/mol. The van der Waals surface area contributed by atoms with Gasteiger partial charge < -0.3 is 9.84 Å². The minimum Gasteiger partial charge on any atom is -0.494 e. The topological polar surface area (TPSA) is 125 Å². The highest BCUT2D eigenvalue weighted by Gasteiger charge is 2.57. The molecule has 25 heavy (non-hydrogen) atoms. The van der Waals surface area contributed by atoms with Crippen molar-refractivity contribution in [1.82, 2.24) is 9.13 Å². The molecule has 2 fully saturated rings. The second-order valence-electron chi connectivity index (χ2n) is 6.32. The molecule has 3 rings (SSSR count). The summed E-state index contributed by atoms with van der Waals surface area (Å²) in [6.07, 6.45) is 3.30. The molecule has 0 bridgehead atoms. The van der Waals surface area contributed by atoms with Crippen LogP contribution in [0.4, 0.5) is 0 Å². The summed E-state index contributed by atoms with van der Waals surface area (Å²) in [6.45, 7) is 0. The Bertz CT molecular complexity index is 1010. The second-order valence-corrected chi connectivity index (χ2v) is 8.51. The summed E-state index contributed by atoms with van der Waals surface area (Å²) in [7, 11) is -1.71. The molecule has 1 N–H and O–H groups in total. The molecule has 1 aliphatic heterocycles. The van der Waals surface area contributed by atoms with Crippen LogP contribution in [0.25, 0.3) is 6.08 Å². The van der Waals surface area contributed by atoms with Gasteiger partial charge in [-0.25, -0.2) is 18.0 Å². The lowest BCUT2D eigenvalue weighted by Gasteiger charge is -2.29. The molecule has 1 saturated carbocycles. The Morgan fingerprint density at radius 2 is 1.68 bits per heavy atom. The maximum Gasteiger partial charge on any atom is 0.351 e. The summed E-state index contributed by atoms with van der Waals surface area (Å²) < 4.78 is 32.4. The largest absolute Gasteiger partial charge is 0.494 e. The molecule has 10 heteroatoms. The van der Waals surface area contributed by atoms with Gasteiger partial charge >= 0.3 is 11.7 Å². The van der Waals surface area contributed by atoms with E-state index >= 15 is 0 Å². The first-order valence-corrected chi connectivity index (χ1v) is 9.29. The zero-order valence-corrected chi connectivity index (χ0v) is 14.6. The molecule has 0 amide bonds. The third-order valence-electron chi connectivity index (χ3n) is 4.82. The fraction of sp³-hybridized carbons (Fsp3) is 0.533. The third-order valence-corrected chi connectivity index (χ3v) is 7.15. The van der Waals surface area contributed by atoms with E-state index in [0.29, 0.717) is 12.8 Å². The van der Waals surface area contributed by atoms with Gasteiger partial charge in [-0.3, -0.25) is 13.9 Å². The van der Waals surface area contributed by atoms with E-state index in [2.05, 4.69) is 0 Å². The van der Waals surface area contributed by atoms with Crippen molar-refractivity contribution in [3.63, 3.8) is 0 Å². The van der Waals surface area contributed by atoms with Crippen LogP contribution in [0.1, 0.15) is 37.7 Å². The normalized spacial score (nSPS) is 23.1. The molecule has 0 radical (unpaired) electrons. The van der Waals surface area contributed by atoms with E-state index in [1.807, 2.05) is 0 Å². The molecule has 1 aromatic rings. The number of carbonyl (C=O) groups is 1. The fourth-order valence-corrected chi connectivity index (χ4v) is 5.25. The molecule has 2 aliphatic rings. The average molecular weight is 370 g/mol. The van der Waals surface area contributed by atoms with E-state index in [4.69, 9.17) is 4.74 Å². The van der Waals surface area contributed by atoms with Crippen molar-refractivity contribution in [1.29, 1.82) is 0 Å². The lowest BCUT2D eigenvalue weighted by Crippen LogP contribution is -2.38. The highest BCUT2D eigenvalue weighted by atomic mass is 32.2. The number of aromatic nitrogens is 2. The van der Waals surface area contributed by atoms with Crippen molar-refractivity contribution < 1.29 is 23.1 Å². The summed E-state index contributed by atoms with van der Waals surface area (Å²) in [5, 5.41) is 10.1. The highest BCUT2D eigenvalue weighted by molar-refractivity contribution is 7.98. The molecule has 2 heterocycles. The minimum absolute atomic E-state index is 0.204. The maximum absolute atomic E-state index is 12.9. The average Bonchev–Trinajstić information content (AvgIpc) is 2.75. The van der Waals surface area contributed by atoms with Gasteiger partial charge in [-0.2, -0.15) is 0 Å². The van der Waals surface area contributed by atoms with Crippen LogP contribution in [-0.2, 0) is 33.5 Å². The Morgan fingerprint density at radius 3 is 2.28 bits per heavy atom. The van der Waals surface area contributed by atoms with Crippen molar-refractivity contribution in [2.24, 2.45) is 14.1 Å². The van der Waals surface area contributed by atoms with Crippen LogP contribution < -0.4 is 11.2 Å². The smallest absolute Gasteiger partial charge is 0.351 e. The van der Waals surface area contributed by atoms with Gasteiger partial charge in [0.05, 0.1) is 0 Å². The molecule has 0 aromatic carbocycles. The number of rotatable bonds is 1. The number of ether oxygens (including phenoxy) is 1. The van der Waals surface area contributed by atoms with E-state index in [1.54, 1.807) is 0 Å². The number of carbonyl (C=O) groups excluding carboxylic acids is 1. The van der Waals surface area contributed by atoms with Crippen LogP contribution in [0.2, 0.25) is 0 Å². The van der Waals surface area contributed by atoms with Crippen LogP contribution in [-0.4, -0.2) is 33.6 Å². The maximum atomic E-state index is 12.9. The predicted octanol–water partition coefficient (Wildman–Crippen LogP) is -0.238. The third kappa shape index (κ3) is 2.35. The fourth-order valence-electron chi connectivity index (χ4n) is 3.30. The Labute approximate surface area is 143 Å². The van der Waals surface area contributed by atoms with Crippen molar-refractivity contribution in [3.8, 4) is 5.88 Å². The van der Waals surface area contributed by atoms with Gasteiger partial charge in [0.1, 0.15) is 5.56 Å².